The van der Waals surface area contributed by atoms with Crippen LogP contribution in [0.25, 0.3) is 0 Å². The summed E-state index contributed by atoms with van der Waals surface area (Å²) >= 11 is 0. The van der Waals surface area contributed by atoms with Gasteiger partial charge in [-0.15, -0.1) is 0 Å². The van der Waals surface area contributed by atoms with Crippen LogP contribution in [0.4, 0.5) is 0 Å². The van der Waals surface area contributed by atoms with Gasteiger partial charge in [-0.1, -0.05) is 13.5 Å². The minimum absolute atomic E-state index is 0.756. The summed E-state index contributed by atoms with van der Waals surface area (Å²) in [5.41, 5.74) is 0. The van der Waals surface area contributed by atoms with Gasteiger partial charge in [-0.3, -0.25) is 0 Å². The standard InChI is InChI=1S/C7H12N2/c1-4-6-9-7(3)8-5-2/h5-6H,2,4H2,1,3H3. The van der Waals surface area contributed by atoms with Crippen LogP contribution < -0.4 is 0 Å². The fraction of sp³-hybridized carbons (Fsp3) is 0.429. The molecule has 50 valence electrons. The predicted octanol–water partition coefficient (Wildman–Crippen LogP) is 2.03. The number of rotatable bonds is 2. The van der Waals surface area contributed by atoms with Crippen LogP contribution in [0, 0.1) is 0 Å². The lowest BCUT2D eigenvalue weighted by atomic mass is 10.5. The fourth-order valence-electron chi connectivity index (χ4n) is 0.389. The predicted molar refractivity (Wildman–Crippen MR) is 42.1 cm³/mol. The molecule has 2 heteroatoms. The molecule has 0 N–H and O–H groups in total. The van der Waals surface area contributed by atoms with E-state index in [1.807, 2.05) is 20.1 Å². The van der Waals surface area contributed by atoms with E-state index in [1.165, 1.54) is 6.20 Å². The molecule has 2 nitrogen and oxygen atoms in total. The summed E-state index contributed by atoms with van der Waals surface area (Å²) < 4.78 is 0. The highest BCUT2D eigenvalue weighted by Crippen LogP contribution is 1.79. The zero-order valence-electron chi connectivity index (χ0n) is 5.96. The van der Waals surface area contributed by atoms with E-state index in [2.05, 4.69) is 16.6 Å². The fourth-order valence-corrected chi connectivity index (χ4v) is 0.389. The van der Waals surface area contributed by atoms with E-state index < -0.39 is 0 Å². The Balaban J connectivity index is 3.74. The molecular formula is C7H12N2. The summed E-state index contributed by atoms with van der Waals surface area (Å²) in [4.78, 5) is 7.83. The molecule has 0 aliphatic carbocycles. The van der Waals surface area contributed by atoms with Crippen LogP contribution >= 0.6 is 0 Å². The van der Waals surface area contributed by atoms with Crippen molar-refractivity contribution < 1.29 is 0 Å². The molecule has 0 saturated heterocycles. The average molecular weight is 124 g/mol. The molecule has 0 aromatic carbocycles. The number of nitrogens with zero attached hydrogens (tertiary/aromatic N) is 2. The highest BCUT2D eigenvalue weighted by molar-refractivity contribution is 5.87. The Bertz CT molecular complexity index is 134. The first-order chi connectivity index (χ1) is 4.31. The van der Waals surface area contributed by atoms with Gasteiger partial charge in [-0.2, -0.15) is 0 Å². The van der Waals surface area contributed by atoms with Crippen LogP contribution in [0.2, 0.25) is 0 Å². The molecule has 0 heterocycles. The van der Waals surface area contributed by atoms with Gasteiger partial charge in [0.25, 0.3) is 0 Å². The number of hydrogen-bond acceptors (Lipinski definition) is 1. The number of hydrogen-bond donors (Lipinski definition) is 0. The van der Waals surface area contributed by atoms with Crippen molar-refractivity contribution in [2.75, 3.05) is 0 Å². The van der Waals surface area contributed by atoms with Crippen molar-refractivity contribution >= 4 is 12.1 Å². The maximum absolute atomic E-state index is 3.99. The van der Waals surface area contributed by atoms with Crippen LogP contribution in [0.1, 0.15) is 20.3 Å². The van der Waals surface area contributed by atoms with Gasteiger partial charge in [0.1, 0.15) is 5.84 Å². The second-order valence-corrected chi connectivity index (χ2v) is 1.58. The Hall–Kier alpha value is -0.920. The van der Waals surface area contributed by atoms with Crippen molar-refractivity contribution in [3.05, 3.63) is 12.8 Å². The largest absolute Gasteiger partial charge is 0.246 e. The van der Waals surface area contributed by atoms with Crippen LogP contribution in [0.15, 0.2) is 22.8 Å². The monoisotopic (exact) mass is 124 g/mol. The van der Waals surface area contributed by atoms with Gasteiger partial charge < -0.3 is 0 Å². The summed E-state index contributed by atoms with van der Waals surface area (Å²) in [5, 5.41) is 0. The Morgan fingerprint density at radius 2 is 2.33 bits per heavy atom. The third-order valence-corrected chi connectivity index (χ3v) is 0.739. The van der Waals surface area contributed by atoms with Crippen molar-refractivity contribution in [2.24, 2.45) is 9.98 Å². The van der Waals surface area contributed by atoms with Gasteiger partial charge in [0, 0.05) is 12.4 Å². The van der Waals surface area contributed by atoms with E-state index in [-0.39, 0.29) is 0 Å². The molecule has 0 bridgehead atoms. The van der Waals surface area contributed by atoms with Crippen molar-refractivity contribution in [3.63, 3.8) is 0 Å². The number of aliphatic imine (C=N–C) groups is 2. The summed E-state index contributed by atoms with van der Waals surface area (Å²) in [7, 11) is 0. The quantitative estimate of drug-likeness (QED) is 0.397. The maximum atomic E-state index is 3.99. The Morgan fingerprint density at radius 1 is 1.67 bits per heavy atom. The molecule has 0 radical (unpaired) electrons. The molecule has 0 atom stereocenters. The van der Waals surface area contributed by atoms with Crippen LogP contribution in [0.5, 0.6) is 0 Å². The van der Waals surface area contributed by atoms with Crippen molar-refractivity contribution in [3.8, 4) is 0 Å². The summed E-state index contributed by atoms with van der Waals surface area (Å²) in [6.07, 6.45) is 4.26. The normalized spacial score (nSPS) is 12.4. The Labute approximate surface area is 56.0 Å². The van der Waals surface area contributed by atoms with Gasteiger partial charge >= 0.3 is 0 Å². The van der Waals surface area contributed by atoms with Crippen LogP contribution in [-0.2, 0) is 0 Å². The molecule has 0 spiro atoms. The molecule has 0 aliphatic heterocycles. The second-order valence-electron chi connectivity index (χ2n) is 1.58. The van der Waals surface area contributed by atoms with Crippen LogP contribution in [-0.4, -0.2) is 12.1 Å². The van der Waals surface area contributed by atoms with Gasteiger partial charge in [-0.05, 0) is 13.3 Å². The molecule has 0 rings (SSSR count). The SMILES string of the molecule is C=CN=C(C)N=CCC. The minimum Gasteiger partial charge on any atom is -0.246 e. The first kappa shape index (κ1) is 8.08. The molecule has 0 aliphatic rings. The summed E-state index contributed by atoms with van der Waals surface area (Å²) in [5.74, 6) is 0.756. The van der Waals surface area contributed by atoms with Gasteiger partial charge in [0.15, 0.2) is 0 Å². The molecular weight excluding hydrogens is 112 g/mol. The number of amidine groups is 1. The third kappa shape index (κ3) is 4.94. The van der Waals surface area contributed by atoms with Crippen molar-refractivity contribution in [2.45, 2.75) is 20.3 Å². The first-order valence-corrected chi connectivity index (χ1v) is 2.99. The van der Waals surface area contributed by atoms with E-state index in [0.717, 1.165) is 12.3 Å². The summed E-state index contributed by atoms with van der Waals surface area (Å²) in [6.45, 7) is 7.32. The van der Waals surface area contributed by atoms with E-state index in [1.54, 1.807) is 0 Å². The average Bonchev–Trinajstić information content (AvgIpc) is 1.85. The lowest BCUT2D eigenvalue weighted by Gasteiger charge is -1.84. The van der Waals surface area contributed by atoms with E-state index in [9.17, 15) is 0 Å². The Kier molecular flexibility index (Phi) is 4.69. The molecule has 0 saturated carbocycles. The molecule has 0 aromatic rings. The van der Waals surface area contributed by atoms with E-state index >= 15 is 0 Å². The summed E-state index contributed by atoms with van der Waals surface area (Å²) in [6, 6.07) is 0. The van der Waals surface area contributed by atoms with E-state index in [4.69, 9.17) is 0 Å². The van der Waals surface area contributed by atoms with Crippen molar-refractivity contribution in [1.82, 2.24) is 0 Å². The first-order valence-electron chi connectivity index (χ1n) is 2.99. The molecule has 0 unspecified atom stereocenters. The highest BCUT2D eigenvalue weighted by atomic mass is 14.9. The molecule has 0 aromatic heterocycles. The molecule has 9 heavy (non-hydrogen) atoms. The topological polar surface area (TPSA) is 24.7 Å². The smallest absolute Gasteiger partial charge is 0.124 e. The van der Waals surface area contributed by atoms with Gasteiger partial charge in [0.05, 0.1) is 0 Å². The maximum Gasteiger partial charge on any atom is 0.124 e. The lowest BCUT2D eigenvalue weighted by Crippen LogP contribution is -1.83. The highest BCUT2D eigenvalue weighted by Gasteiger charge is 1.76. The van der Waals surface area contributed by atoms with E-state index in [0.29, 0.717) is 0 Å². The van der Waals surface area contributed by atoms with Crippen molar-refractivity contribution in [1.29, 1.82) is 0 Å². The zero-order valence-corrected chi connectivity index (χ0v) is 5.96. The van der Waals surface area contributed by atoms with Gasteiger partial charge in [-0.25, -0.2) is 9.98 Å². The zero-order chi connectivity index (χ0) is 7.11. The third-order valence-electron chi connectivity index (χ3n) is 0.739. The van der Waals surface area contributed by atoms with Gasteiger partial charge in [0.2, 0.25) is 0 Å². The lowest BCUT2D eigenvalue weighted by molar-refractivity contribution is 1.32. The Morgan fingerprint density at radius 3 is 2.78 bits per heavy atom. The molecule has 0 fully saturated rings. The molecule has 0 amide bonds. The van der Waals surface area contributed by atoms with Crippen LogP contribution in [0.3, 0.4) is 0 Å². The minimum atomic E-state index is 0.756. The second kappa shape index (κ2) is 5.22.